The van der Waals surface area contributed by atoms with Crippen molar-refractivity contribution < 1.29 is 23.8 Å². The number of amides is 1. The second kappa shape index (κ2) is 9.16. The lowest BCUT2D eigenvalue weighted by Gasteiger charge is -2.08. The molecule has 0 aliphatic carbocycles. The van der Waals surface area contributed by atoms with Gasteiger partial charge in [-0.2, -0.15) is 0 Å². The zero-order valence-electron chi connectivity index (χ0n) is 14.9. The fourth-order valence-corrected chi connectivity index (χ4v) is 2.79. The van der Waals surface area contributed by atoms with Gasteiger partial charge in [0.25, 0.3) is 5.91 Å². The highest BCUT2D eigenvalue weighted by Crippen LogP contribution is 2.29. The van der Waals surface area contributed by atoms with Crippen molar-refractivity contribution in [3.63, 3.8) is 0 Å². The number of carboxylic acids is 1. The van der Waals surface area contributed by atoms with E-state index in [0.717, 1.165) is 10.5 Å². The maximum absolute atomic E-state index is 13.3. The van der Waals surface area contributed by atoms with E-state index in [0.29, 0.717) is 17.1 Å². The summed E-state index contributed by atoms with van der Waals surface area (Å²) in [7, 11) is 0. The first-order chi connectivity index (χ1) is 13.9. The monoisotopic (exact) mass is 455 g/mol. The molecule has 29 heavy (non-hydrogen) atoms. The van der Waals surface area contributed by atoms with Crippen LogP contribution in [0.15, 0.2) is 83.0 Å². The summed E-state index contributed by atoms with van der Waals surface area (Å²) >= 11 is 3.40. The summed E-state index contributed by atoms with van der Waals surface area (Å²) in [5.74, 6) is -1.41. The normalized spacial score (nSPS) is 11.0. The van der Waals surface area contributed by atoms with E-state index in [1.54, 1.807) is 24.3 Å². The number of benzene rings is 3. The van der Waals surface area contributed by atoms with E-state index in [9.17, 15) is 19.1 Å². The van der Waals surface area contributed by atoms with Crippen molar-refractivity contribution in [3.8, 4) is 11.5 Å². The van der Waals surface area contributed by atoms with Crippen molar-refractivity contribution in [2.24, 2.45) is 0 Å². The lowest BCUT2D eigenvalue weighted by molar-refractivity contribution is -0.132. The summed E-state index contributed by atoms with van der Waals surface area (Å²) in [5.41, 5.74) is 0.231. The van der Waals surface area contributed by atoms with Gasteiger partial charge >= 0.3 is 5.97 Å². The highest BCUT2D eigenvalue weighted by atomic mass is 79.9. The average Bonchev–Trinajstić information content (AvgIpc) is 2.70. The molecule has 0 saturated heterocycles. The average molecular weight is 456 g/mol. The Labute approximate surface area is 174 Å². The molecule has 0 unspecified atom stereocenters. The molecule has 2 N–H and O–H groups in total. The number of carbonyl (C=O) groups is 2. The Morgan fingerprint density at radius 3 is 2.38 bits per heavy atom. The van der Waals surface area contributed by atoms with Crippen molar-refractivity contribution in [2.45, 2.75) is 0 Å². The van der Waals surface area contributed by atoms with Crippen LogP contribution in [0.25, 0.3) is 6.08 Å². The fraction of sp³-hybridized carbons (Fsp3) is 0. The number of aliphatic carboxylic acids is 1. The van der Waals surface area contributed by atoms with Gasteiger partial charge in [-0.1, -0.05) is 30.3 Å². The van der Waals surface area contributed by atoms with Crippen molar-refractivity contribution in [1.82, 2.24) is 5.32 Å². The van der Waals surface area contributed by atoms with Crippen molar-refractivity contribution in [3.05, 3.63) is 99.9 Å². The molecule has 0 spiro atoms. The highest BCUT2D eigenvalue weighted by molar-refractivity contribution is 9.10. The first-order valence-electron chi connectivity index (χ1n) is 8.47. The van der Waals surface area contributed by atoms with Crippen LogP contribution in [0.1, 0.15) is 15.9 Å². The molecule has 146 valence electrons. The van der Waals surface area contributed by atoms with Crippen LogP contribution in [0.5, 0.6) is 11.5 Å². The molecule has 0 saturated carbocycles. The zero-order chi connectivity index (χ0) is 20.8. The Bertz CT molecular complexity index is 1080. The molecule has 0 aliphatic rings. The van der Waals surface area contributed by atoms with Gasteiger partial charge in [0.15, 0.2) is 0 Å². The third kappa shape index (κ3) is 5.52. The number of rotatable bonds is 6. The number of ether oxygens (including phenoxy) is 1. The molecule has 0 fully saturated rings. The Hall–Kier alpha value is -3.45. The van der Waals surface area contributed by atoms with Crippen LogP contribution in [0.3, 0.4) is 0 Å². The third-order valence-electron chi connectivity index (χ3n) is 3.82. The lowest BCUT2D eigenvalue weighted by atomic mass is 10.1. The van der Waals surface area contributed by atoms with Crippen molar-refractivity contribution in [2.75, 3.05) is 0 Å². The van der Waals surface area contributed by atoms with Crippen LogP contribution in [0.4, 0.5) is 4.39 Å². The number of hydrogen-bond acceptors (Lipinski definition) is 3. The number of halogens is 2. The van der Waals surface area contributed by atoms with E-state index in [4.69, 9.17) is 4.74 Å². The molecule has 3 aromatic rings. The molecular weight excluding hydrogens is 441 g/mol. The molecule has 0 heterocycles. The van der Waals surface area contributed by atoms with Gasteiger partial charge in [0, 0.05) is 5.56 Å². The maximum Gasteiger partial charge on any atom is 0.352 e. The highest BCUT2D eigenvalue weighted by Gasteiger charge is 2.14. The molecule has 7 heteroatoms. The van der Waals surface area contributed by atoms with Crippen molar-refractivity contribution >= 4 is 33.9 Å². The van der Waals surface area contributed by atoms with Crippen LogP contribution in [0.2, 0.25) is 0 Å². The predicted molar refractivity (Wildman–Crippen MR) is 110 cm³/mol. The van der Waals surface area contributed by atoms with Crippen LogP contribution in [0, 0.1) is 5.82 Å². The molecule has 0 bridgehead atoms. The largest absolute Gasteiger partial charge is 0.477 e. The van der Waals surface area contributed by atoms with Crippen molar-refractivity contribution in [1.29, 1.82) is 0 Å². The summed E-state index contributed by atoms with van der Waals surface area (Å²) in [5, 5.41) is 11.7. The second-order valence-corrected chi connectivity index (χ2v) is 6.78. The smallest absolute Gasteiger partial charge is 0.352 e. The Balaban J connectivity index is 1.76. The van der Waals surface area contributed by atoms with E-state index in [2.05, 4.69) is 21.2 Å². The van der Waals surface area contributed by atoms with E-state index in [-0.39, 0.29) is 11.3 Å². The van der Waals surface area contributed by atoms with E-state index in [1.807, 2.05) is 24.3 Å². The number of nitrogens with one attached hydrogen (secondary N) is 1. The molecular formula is C22H15BrFNO4. The van der Waals surface area contributed by atoms with E-state index >= 15 is 0 Å². The molecule has 0 aromatic heterocycles. The van der Waals surface area contributed by atoms with E-state index in [1.165, 1.54) is 24.3 Å². The maximum atomic E-state index is 13.3. The minimum Gasteiger partial charge on any atom is -0.477 e. The minimum absolute atomic E-state index is 0.0225. The Kier molecular flexibility index (Phi) is 6.41. The summed E-state index contributed by atoms with van der Waals surface area (Å²) in [4.78, 5) is 23.7. The zero-order valence-corrected chi connectivity index (χ0v) is 16.5. The molecule has 0 atom stereocenters. The second-order valence-electron chi connectivity index (χ2n) is 5.93. The molecule has 3 aromatic carbocycles. The first kappa shape index (κ1) is 20.3. The Morgan fingerprint density at radius 1 is 1.00 bits per heavy atom. The predicted octanol–water partition coefficient (Wildman–Crippen LogP) is 5.24. The van der Waals surface area contributed by atoms with Crippen LogP contribution >= 0.6 is 15.9 Å². The molecule has 3 rings (SSSR count). The lowest BCUT2D eigenvalue weighted by Crippen LogP contribution is -2.27. The number of carboxylic acid groups (broad SMARTS) is 1. The van der Waals surface area contributed by atoms with Crippen LogP contribution in [-0.2, 0) is 4.79 Å². The third-order valence-corrected chi connectivity index (χ3v) is 4.48. The molecule has 0 radical (unpaired) electrons. The summed E-state index contributed by atoms with van der Waals surface area (Å²) in [6.07, 6.45) is 1.31. The van der Waals surface area contributed by atoms with Gasteiger partial charge in [0.1, 0.15) is 23.0 Å². The Morgan fingerprint density at radius 2 is 1.72 bits per heavy atom. The minimum atomic E-state index is -1.32. The molecule has 0 aliphatic heterocycles. The van der Waals surface area contributed by atoms with Crippen LogP contribution in [-0.4, -0.2) is 17.0 Å². The van der Waals surface area contributed by atoms with Gasteiger partial charge < -0.3 is 15.2 Å². The summed E-state index contributed by atoms with van der Waals surface area (Å²) < 4.78 is 19.8. The van der Waals surface area contributed by atoms with Gasteiger partial charge in [0.05, 0.1) is 4.47 Å². The standard InChI is InChI=1S/C22H15BrFNO4/c23-18-6-1-2-7-20(18)29-17-10-8-14(9-11-17)12-19(22(27)28)25-21(26)15-4-3-5-16(24)13-15/h1-13H,(H,25,26)(H,27,28)/b19-12-. The van der Waals surface area contributed by atoms with Gasteiger partial charge in [-0.15, -0.1) is 0 Å². The number of hydrogen-bond donors (Lipinski definition) is 2. The van der Waals surface area contributed by atoms with Gasteiger partial charge in [-0.05, 0) is 70.0 Å². The van der Waals surface area contributed by atoms with Crippen LogP contribution < -0.4 is 10.1 Å². The molecule has 5 nitrogen and oxygen atoms in total. The van der Waals surface area contributed by atoms with Gasteiger partial charge in [-0.3, -0.25) is 4.79 Å². The summed E-state index contributed by atoms with van der Waals surface area (Å²) in [6.45, 7) is 0. The van der Waals surface area contributed by atoms with Gasteiger partial charge in [-0.25, -0.2) is 9.18 Å². The molecule has 1 amide bonds. The first-order valence-corrected chi connectivity index (χ1v) is 9.26. The number of para-hydroxylation sites is 1. The quantitative estimate of drug-likeness (QED) is 0.498. The van der Waals surface area contributed by atoms with Gasteiger partial charge in [0.2, 0.25) is 0 Å². The summed E-state index contributed by atoms with van der Waals surface area (Å²) in [6, 6.07) is 19.0. The SMILES string of the molecule is O=C(O)/C(=C/c1ccc(Oc2ccccc2Br)cc1)NC(=O)c1cccc(F)c1. The number of carbonyl (C=O) groups excluding carboxylic acids is 1. The fourth-order valence-electron chi connectivity index (χ4n) is 2.43. The topological polar surface area (TPSA) is 75.6 Å². The van der Waals surface area contributed by atoms with E-state index < -0.39 is 17.7 Å².